The molecule has 0 radical (unpaired) electrons. The Balaban J connectivity index is 2.44. The largest absolute Gasteiger partial charge is 0.399 e. The quantitative estimate of drug-likeness (QED) is 0.747. The summed E-state index contributed by atoms with van der Waals surface area (Å²) in [6, 6.07) is 7.13. The Labute approximate surface area is 88.1 Å². The van der Waals surface area contributed by atoms with Gasteiger partial charge in [0.15, 0.2) is 0 Å². The van der Waals surface area contributed by atoms with Crippen molar-refractivity contribution < 1.29 is 4.79 Å². The van der Waals surface area contributed by atoms with Crippen LogP contribution in [0.25, 0.3) is 0 Å². The van der Waals surface area contributed by atoms with Crippen LogP contribution in [0.3, 0.4) is 0 Å². The van der Waals surface area contributed by atoms with E-state index in [9.17, 15) is 4.79 Å². The normalized spacial score (nSPS) is 9.79. The van der Waals surface area contributed by atoms with Crippen LogP contribution in [0.15, 0.2) is 24.3 Å². The minimum absolute atomic E-state index is 0.0455. The number of anilines is 2. The average Bonchev–Trinajstić information content (AvgIpc) is 2.18. The summed E-state index contributed by atoms with van der Waals surface area (Å²) in [6.45, 7) is 0. The number of amides is 1. The van der Waals surface area contributed by atoms with Gasteiger partial charge in [-0.25, -0.2) is 0 Å². The maximum atomic E-state index is 11.3. The zero-order valence-corrected chi connectivity index (χ0v) is 8.93. The van der Waals surface area contributed by atoms with Gasteiger partial charge >= 0.3 is 0 Å². The number of nitrogens with one attached hydrogen (secondary N) is 1. The van der Waals surface area contributed by atoms with Crippen molar-refractivity contribution in [3.05, 3.63) is 24.3 Å². The summed E-state index contributed by atoms with van der Waals surface area (Å²) in [4.78, 5) is 11.3. The second kappa shape index (κ2) is 5.54. The first-order chi connectivity index (χ1) is 6.72. The molecule has 1 rings (SSSR count). The first kappa shape index (κ1) is 10.9. The maximum Gasteiger partial charge on any atom is 0.225 e. The van der Waals surface area contributed by atoms with Gasteiger partial charge in [0, 0.05) is 23.5 Å². The minimum Gasteiger partial charge on any atom is -0.399 e. The Morgan fingerprint density at radius 3 is 2.64 bits per heavy atom. The Morgan fingerprint density at radius 1 is 1.43 bits per heavy atom. The fourth-order valence-electron chi connectivity index (χ4n) is 0.985. The summed E-state index contributed by atoms with van der Waals surface area (Å²) in [5.41, 5.74) is 7.02. The van der Waals surface area contributed by atoms with Crippen molar-refractivity contribution >= 4 is 29.0 Å². The molecule has 0 aliphatic carbocycles. The van der Waals surface area contributed by atoms with Gasteiger partial charge in [-0.1, -0.05) is 0 Å². The third-order valence-corrected chi connectivity index (χ3v) is 2.34. The Hall–Kier alpha value is -1.16. The molecule has 4 heteroatoms. The molecule has 3 N–H and O–H groups in total. The number of rotatable bonds is 4. The third kappa shape index (κ3) is 3.70. The Morgan fingerprint density at radius 2 is 2.07 bits per heavy atom. The zero-order chi connectivity index (χ0) is 10.4. The Kier molecular flexibility index (Phi) is 4.32. The molecule has 0 spiro atoms. The molecule has 0 saturated carbocycles. The van der Waals surface area contributed by atoms with Crippen molar-refractivity contribution in [2.24, 2.45) is 0 Å². The average molecular weight is 210 g/mol. The van der Waals surface area contributed by atoms with Crippen LogP contribution in [0, 0.1) is 0 Å². The minimum atomic E-state index is 0.0455. The molecule has 0 heterocycles. The lowest BCUT2D eigenvalue weighted by Crippen LogP contribution is -2.11. The van der Waals surface area contributed by atoms with Crippen molar-refractivity contribution in [2.45, 2.75) is 6.42 Å². The highest BCUT2D eigenvalue weighted by atomic mass is 32.2. The van der Waals surface area contributed by atoms with E-state index in [1.165, 1.54) is 0 Å². The lowest BCUT2D eigenvalue weighted by atomic mass is 10.3. The van der Waals surface area contributed by atoms with Crippen LogP contribution in [-0.2, 0) is 4.79 Å². The van der Waals surface area contributed by atoms with Gasteiger partial charge in [-0.3, -0.25) is 4.79 Å². The predicted octanol–water partition coefficient (Wildman–Crippen LogP) is 1.96. The van der Waals surface area contributed by atoms with E-state index in [-0.39, 0.29) is 5.91 Å². The molecule has 0 aromatic heterocycles. The molecule has 0 fully saturated rings. The SMILES string of the molecule is CSCCC(=O)Nc1ccc(N)cc1. The van der Waals surface area contributed by atoms with Crippen LogP contribution in [0.1, 0.15) is 6.42 Å². The van der Waals surface area contributed by atoms with E-state index in [1.807, 2.05) is 6.26 Å². The molecule has 0 unspecified atom stereocenters. The number of hydrogen-bond donors (Lipinski definition) is 2. The molecule has 14 heavy (non-hydrogen) atoms. The van der Waals surface area contributed by atoms with E-state index in [1.54, 1.807) is 36.0 Å². The monoisotopic (exact) mass is 210 g/mol. The molecule has 3 nitrogen and oxygen atoms in total. The van der Waals surface area contributed by atoms with E-state index >= 15 is 0 Å². The molecule has 1 aromatic rings. The van der Waals surface area contributed by atoms with Crippen LogP contribution >= 0.6 is 11.8 Å². The predicted molar refractivity (Wildman–Crippen MR) is 62.5 cm³/mol. The van der Waals surface area contributed by atoms with Crippen molar-refractivity contribution in [2.75, 3.05) is 23.1 Å². The lowest BCUT2D eigenvalue weighted by Gasteiger charge is -2.04. The summed E-state index contributed by atoms with van der Waals surface area (Å²) in [5.74, 6) is 0.894. The van der Waals surface area contributed by atoms with Gasteiger partial charge in [0.2, 0.25) is 5.91 Å². The van der Waals surface area contributed by atoms with Crippen LogP contribution in [-0.4, -0.2) is 17.9 Å². The number of nitrogen functional groups attached to an aromatic ring is 1. The molecule has 1 amide bonds. The van der Waals surface area contributed by atoms with Crippen molar-refractivity contribution in [3.8, 4) is 0 Å². The van der Waals surface area contributed by atoms with Crippen molar-refractivity contribution in [1.82, 2.24) is 0 Å². The molecule has 0 atom stereocenters. The van der Waals surface area contributed by atoms with E-state index in [2.05, 4.69) is 5.32 Å². The van der Waals surface area contributed by atoms with Crippen LogP contribution < -0.4 is 11.1 Å². The van der Waals surface area contributed by atoms with E-state index in [0.717, 1.165) is 11.4 Å². The number of carbonyl (C=O) groups is 1. The van der Waals surface area contributed by atoms with Gasteiger partial charge in [0.25, 0.3) is 0 Å². The van der Waals surface area contributed by atoms with Crippen LogP contribution in [0.5, 0.6) is 0 Å². The zero-order valence-electron chi connectivity index (χ0n) is 8.12. The molecular formula is C10H14N2OS. The maximum absolute atomic E-state index is 11.3. The summed E-state index contributed by atoms with van der Waals surface area (Å²) in [6.07, 6.45) is 2.53. The first-order valence-electron chi connectivity index (χ1n) is 4.36. The Bertz CT molecular complexity index is 297. The van der Waals surface area contributed by atoms with Crippen molar-refractivity contribution in [1.29, 1.82) is 0 Å². The summed E-state index contributed by atoms with van der Waals surface area (Å²) in [7, 11) is 0. The van der Waals surface area contributed by atoms with Crippen LogP contribution in [0.2, 0.25) is 0 Å². The molecular weight excluding hydrogens is 196 g/mol. The number of carbonyl (C=O) groups excluding carboxylic acids is 1. The molecule has 0 saturated heterocycles. The van der Waals surface area contributed by atoms with Crippen molar-refractivity contribution in [3.63, 3.8) is 0 Å². The fraction of sp³-hybridized carbons (Fsp3) is 0.300. The smallest absolute Gasteiger partial charge is 0.225 e. The lowest BCUT2D eigenvalue weighted by molar-refractivity contribution is -0.115. The number of hydrogen-bond acceptors (Lipinski definition) is 3. The fourth-order valence-corrected chi connectivity index (χ4v) is 1.37. The summed E-state index contributed by atoms with van der Waals surface area (Å²) < 4.78 is 0. The van der Waals surface area contributed by atoms with Gasteiger partial charge in [0.05, 0.1) is 0 Å². The van der Waals surface area contributed by atoms with Gasteiger partial charge < -0.3 is 11.1 Å². The molecule has 0 aliphatic rings. The summed E-state index contributed by atoms with van der Waals surface area (Å²) in [5, 5.41) is 2.80. The van der Waals surface area contributed by atoms with E-state index in [0.29, 0.717) is 12.1 Å². The number of nitrogens with two attached hydrogens (primary N) is 1. The van der Waals surface area contributed by atoms with E-state index in [4.69, 9.17) is 5.73 Å². The topological polar surface area (TPSA) is 55.1 Å². The second-order valence-corrected chi connectivity index (χ2v) is 3.90. The van der Waals surface area contributed by atoms with Crippen LogP contribution in [0.4, 0.5) is 11.4 Å². The molecule has 0 bridgehead atoms. The molecule has 76 valence electrons. The van der Waals surface area contributed by atoms with E-state index < -0.39 is 0 Å². The highest BCUT2D eigenvalue weighted by Crippen LogP contribution is 2.10. The highest BCUT2D eigenvalue weighted by molar-refractivity contribution is 7.98. The number of thioether (sulfide) groups is 1. The second-order valence-electron chi connectivity index (χ2n) is 2.91. The van der Waals surface area contributed by atoms with Gasteiger partial charge in [-0.05, 0) is 30.5 Å². The van der Waals surface area contributed by atoms with Gasteiger partial charge in [-0.15, -0.1) is 0 Å². The van der Waals surface area contributed by atoms with Gasteiger partial charge in [0.1, 0.15) is 0 Å². The summed E-state index contributed by atoms with van der Waals surface area (Å²) >= 11 is 1.66. The molecule has 1 aromatic carbocycles. The molecule has 0 aliphatic heterocycles. The third-order valence-electron chi connectivity index (χ3n) is 1.73. The number of benzene rings is 1. The van der Waals surface area contributed by atoms with Gasteiger partial charge in [-0.2, -0.15) is 11.8 Å². The highest BCUT2D eigenvalue weighted by Gasteiger charge is 2.00. The first-order valence-corrected chi connectivity index (χ1v) is 5.76. The standard InChI is InChI=1S/C10H14N2OS/c1-14-7-6-10(13)12-9-4-2-8(11)3-5-9/h2-5H,6-7,11H2,1H3,(H,12,13).